The molecule has 0 unspecified atom stereocenters. The van der Waals surface area contributed by atoms with Crippen molar-refractivity contribution in [3.63, 3.8) is 0 Å². The van der Waals surface area contributed by atoms with Gasteiger partial charge in [0.2, 0.25) is 5.91 Å². The highest BCUT2D eigenvalue weighted by molar-refractivity contribution is 6.31. The third-order valence-corrected chi connectivity index (χ3v) is 3.40. The summed E-state index contributed by atoms with van der Waals surface area (Å²) >= 11 is 5.50. The molecule has 2 aromatic carbocycles. The van der Waals surface area contributed by atoms with Gasteiger partial charge in [-0.1, -0.05) is 11.6 Å². The summed E-state index contributed by atoms with van der Waals surface area (Å²) in [7, 11) is 0. The van der Waals surface area contributed by atoms with Gasteiger partial charge in [0.1, 0.15) is 5.82 Å². The number of nitrogens with one attached hydrogen (secondary N) is 2. The maximum atomic E-state index is 13.6. The number of halogens is 5. The van der Waals surface area contributed by atoms with Crippen LogP contribution in [0.2, 0.25) is 5.02 Å². The van der Waals surface area contributed by atoms with Crippen molar-refractivity contribution < 1.29 is 27.2 Å². The van der Waals surface area contributed by atoms with Gasteiger partial charge < -0.3 is 10.6 Å². The average molecular weight is 375 g/mol. The second kappa shape index (κ2) is 7.10. The molecule has 25 heavy (non-hydrogen) atoms. The van der Waals surface area contributed by atoms with Crippen LogP contribution in [0.25, 0.3) is 0 Å². The van der Waals surface area contributed by atoms with Crippen molar-refractivity contribution in [1.82, 2.24) is 0 Å². The van der Waals surface area contributed by atoms with Gasteiger partial charge in [0.25, 0.3) is 5.91 Å². The molecule has 0 heterocycles. The van der Waals surface area contributed by atoms with Crippen molar-refractivity contribution in [1.29, 1.82) is 0 Å². The van der Waals surface area contributed by atoms with E-state index in [9.17, 15) is 27.2 Å². The highest BCUT2D eigenvalue weighted by Gasteiger charge is 2.33. The Labute approximate surface area is 144 Å². The van der Waals surface area contributed by atoms with Crippen LogP contribution in [0.3, 0.4) is 0 Å². The molecule has 0 bridgehead atoms. The number of benzene rings is 2. The molecule has 0 spiro atoms. The number of hydrogen-bond acceptors (Lipinski definition) is 2. The molecule has 0 aliphatic heterocycles. The molecule has 2 rings (SSSR count). The molecule has 0 saturated carbocycles. The molecular weight excluding hydrogens is 364 g/mol. The van der Waals surface area contributed by atoms with Crippen molar-refractivity contribution in [3.05, 3.63) is 58.4 Å². The molecule has 0 aliphatic rings. The average Bonchev–Trinajstić information content (AvgIpc) is 2.49. The topological polar surface area (TPSA) is 58.2 Å². The fraction of sp³-hybridized carbons (Fsp3) is 0.125. The fourth-order valence-corrected chi connectivity index (χ4v) is 2.20. The van der Waals surface area contributed by atoms with Crippen LogP contribution in [0.4, 0.5) is 28.9 Å². The van der Waals surface area contributed by atoms with Crippen LogP contribution in [0, 0.1) is 5.82 Å². The van der Waals surface area contributed by atoms with Crippen molar-refractivity contribution in [2.75, 3.05) is 10.6 Å². The Hall–Kier alpha value is -2.61. The second-order valence-corrected chi connectivity index (χ2v) is 5.43. The van der Waals surface area contributed by atoms with Crippen molar-refractivity contribution in [3.8, 4) is 0 Å². The molecule has 2 N–H and O–H groups in total. The Bertz CT molecular complexity index is 837. The first kappa shape index (κ1) is 18.7. The number of alkyl halides is 3. The maximum Gasteiger partial charge on any atom is 0.417 e. The summed E-state index contributed by atoms with van der Waals surface area (Å²) in [6.45, 7) is 1.18. The predicted octanol–water partition coefficient (Wildman–Crippen LogP) is 4.71. The molecule has 0 radical (unpaired) electrons. The highest BCUT2D eigenvalue weighted by atomic mass is 35.5. The lowest BCUT2D eigenvalue weighted by atomic mass is 10.1. The number of hydrogen-bond donors (Lipinski definition) is 2. The minimum absolute atomic E-state index is 0.0960. The van der Waals surface area contributed by atoms with Crippen molar-refractivity contribution >= 4 is 34.8 Å². The first-order valence-corrected chi connectivity index (χ1v) is 7.21. The summed E-state index contributed by atoms with van der Waals surface area (Å²) in [5.74, 6) is -2.09. The zero-order valence-electron chi connectivity index (χ0n) is 12.7. The number of anilines is 2. The van der Waals surface area contributed by atoms with E-state index in [1.165, 1.54) is 13.0 Å². The summed E-state index contributed by atoms with van der Waals surface area (Å²) in [5, 5.41) is 4.03. The fourth-order valence-electron chi connectivity index (χ4n) is 1.98. The van der Waals surface area contributed by atoms with Gasteiger partial charge in [-0.25, -0.2) is 4.39 Å². The van der Waals surface area contributed by atoms with E-state index < -0.39 is 34.4 Å². The summed E-state index contributed by atoms with van der Waals surface area (Å²) in [4.78, 5) is 23.1. The van der Waals surface area contributed by atoms with Crippen LogP contribution in [0.5, 0.6) is 0 Å². The van der Waals surface area contributed by atoms with E-state index in [4.69, 9.17) is 11.6 Å². The van der Waals surface area contributed by atoms with Gasteiger partial charge in [0.15, 0.2) is 0 Å². The molecule has 0 aliphatic carbocycles. The predicted molar refractivity (Wildman–Crippen MR) is 85.1 cm³/mol. The molecule has 2 amide bonds. The summed E-state index contributed by atoms with van der Waals surface area (Å²) in [6.07, 6.45) is -4.71. The largest absolute Gasteiger partial charge is 0.417 e. The molecule has 0 atom stereocenters. The van der Waals surface area contributed by atoms with Gasteiger partial charge >= 0.3 is 6.18 Å². The molecule has 2 aromatic rings. The lowest BCUT2D eigenvalue weighted by molar-refractivity contribution is -0.137. The highest BCUT2D eigenvalue weighted by Crippen LogP contribution is 2.35. The van der Waals surface area contributed by atoms with Crippen LogP contribution in [-0.4, -0.2) is 11.8 Å². The van der Waals surface area contributed by atoms with Crippen LogP contribution < -0.4 is 10.6 Å². The summed E-state index contributed by atoms with van der Waals surface area (Å²) in [6, 6.07) is 6.08. The summed E-state index contributed by atoms with van der Waals surface area (Å²) < 4.78 is 52.1. The van der Waals surface area contributed by atoms with E-state index >= 15 is 0 Å². The van der Waals surface area contributed by atoms with Crippen LogP contribution >= 0.6 is 11.6 Å². The van der Waals surface area contributed by atoms with Gasteiger partial charge in [-0.15, -0.1) is 0 Å². The maximum absolute atomic E-state index is 13.6. The molecule has 0 saturated heterocycles. The number of rotatable bonds is 3. The quantitative estimate of drug-likeness (QED) is 0.764. The van der Waals surface area contributed by atoms with Gasteiger partial charge in [0, 0.05) is 18.2 Å². The Kier molecular flexibility index (Phi) is 5.32. The summed E-state index contributed by atoms with van der Waals surface area (Å²) in [5.41, 5.74) is -1.49. The Morgan fingerprint density at radius 3 is 2.32 bits per heavy atom. The van der Waals surface area contributed by atoms with E-state index in [2.05, 4.69) is 10.6 Å². The Morgan fingerprint density at radius 2 is 1.72 bits per heavy atom. The first-order valence-electron chi connectivity index (χ1n) is 6.83. The van der Waals surface area contributed by atoms with E-state index in [-0.39, 0.29) is 16.9 Å². The minimum Gasteiger partial charge on any atom is -0.324 e. The van der Waals surface area contributed by atoms with Gasteiger partial charge in [0.05, 0.1) is 16.3 Å². The zero-order valence-corrected chi connectivity index (χ0v) is 13.4. The van der Waals surface area contributed by atoms with Gasteiger partial charge in [-0.3, -0.25) is 9.59 Å². The molecular formula is C16H11ClF4N2O2. The first-order chi connectivity index (χ1) is 11.6. The normalized spacial score (nSPS) is 11.1. The van der Waals surface area contributed by atoms with Crippen molar-refractivity contribution in [2.24, 2.45) is 0 Å². The van der Waals surface area contributed by atoms with Crippen molar-refractivity contribution in [2.45, 2.75) is 13.1 Å². The lowest BCUT2D eigenvalue weighted by Crippen LogP contribution is -2.15. The third-order valence-electron chi connectivity index (χ3n) is 3.07. The number of carbonyl (C=O) groups is 2. The minimum atomic E-state index is -4.71. The zero-order chi connectivity index (χ0) is 18.8. The molecule has 9 heteroatoms. The molecule has 0 fully saturated rings. The van der Waals surface area contributed by atoms with Gasteiger partial charge in [-0.05, 0) is 36.4 Å². The van der Waals surface area contributed by atoms with E-state index in [1.54, 1.807) is 0 Å². The standard InChI is InChI=1S/C16H11ClF4N2O2/c1-8(24)22-14-7-10(3-5-13(14)18)23-15(25)9-2-4-12(17)11(6-9)16(19,20)21/h2-7H,1H3,(H,22,24)(H,23,25). The monoisotopic (exact) mass is 374 g/mol. The van der Waals surface area contributed by atoms with Crippen LogP contribution in [0.15, 0.2) is 36.4 Å². The van der Waals surface area contributed by atoms with Crippen LogP contribution in [0.1, 0.15) is 22.8 Å². The molecule has 0 aromatic heterocycles. The molecule has 132 valence electrons. The molecule has 4 nitrogen and oxygen atoms in total. The lowest BCUT2D eigenvalue weighted by Gasteiger charge is -2.12. The Balaban J connectivity index is 2.27. The number of carbonyl (C=O) groups excluding carboxylic acids is 2. The smallest absolute Gasteiger partial charge is 0.324 e. The van der Waals surface area contributed by atoms with E-state index in [1.807, 2.05) is 0 Å². The third kappa shape index (κ3) is 4.69. The SMILES string of the molecule is CC(=O)Nc1cc(NC(=O)c2ccc(Cl)c(C(F)(F)F)c2)ccc1F. The van der Waals surface area contributed by atoms with E-state index in [0.29, 0.717) is 6.07 Å². The number of amides is 2. The van der Waals surface area contributed by atoms with E-state index in [0.717, 1.165) is 24.3 Å². The Morgan fingerprint density at radius 1 is 1.04 bits per heavy atom. The second-order valence-electron chi connectivity index (χ2n) is 5.02. The van der Waals surface area contributed by atoms with Crippen LogP contribution in [-0.2, 0) is 11.0 Å². The van der Waals surface area contributed by atoms with Gasteiger partial charge in [-0.2, -0.15) is 13.2 Å².